The number of benzene rings is 1. The molecule has 1 atom stereocenters. The van der Waals surface area contributed by atoms with Gasteiger partial charge >= 0.3 is 0 Å². The van der Waals surface area contributed by atoms with Gasteiger partial charge in [-0.05, 0) is 104 Å². The Hall–Kier alpha value is -2.77. The Morgan fingerprint density at radius 1 is 1.00 bits per heavy atom. The lowest BCUT2D eigenvalue weighted by Gasteiger charge is -2.56. The molecule has 1 aromatic carbocycles. The fraction of sp³-hybridized carbons (Fsp3) is 0.609. The van der Waals surface area contributed by atoms with Crippen molar-refractivity contribution in [2.75, 3.05) is 11.9 Å². The minimum atomic E-state index is -0.361. The number of likely N-dealkylation sites (tertiary alicyclic amines) is 1. The largest absolute Gasteiger partial charge is 0.330 e. The number of carbonyl (C=O) groups is 2. The highest BCUT2D eigenvalue weighted by atomic mass is 16.2. The monoisotopic (exact) mass is 420 g/mol. The first-order valence-electron chi connectivity index (χ1n) is 11.5. The number of carbonyl (C=O) groups excluding carboxylic acids is 2. The Labute approximate surface area is 181 Å². The maximum Gasteiger partial charge on any atom is 0.247 e. The fourth-order valence-electron chi connectivity index (χ4n) is 7.16. The summed E-state index contributed by atoms with van der Waals surface area (Å²) in [4.78, 5) is 28.8. The molecule has 162 valence electrons. The van der Waals surface area contributed by atoms with Crippen LogP contribution in [0.1, 0.15) is 51.4 Å². The zero-order chi connectivity index (χ0) is 21.0. The van der Waals surface area contributed by atoms with Gasteiger partial charge in [0.1, 0.15) is 12.4 Å². The zero-order valence-corrected chi connectivity index (χ0v) is 17.6. The van der Waals surface area contributed by atoms with Crippen molar-refractivity contribution >= 4 is 17.5 Å². The van der Waals surface area contributed by atoms with Gasteiger partial charge in [-0.3, -0.25) is 9.59 Å². The number of nitrogens with one attached hydrogen (secondary N) is 1. The number of amides is 2. The number of rotatable bonds is 4. The van der Waals surface area contributed by atoms with E-state index in [-0.39, 0.29) is 23.3 Å². The van der Waals surface area contributed by atoms with Gasteiger partial charge in [0.2, 0.25) is 11.8 Å². The Balaban J connectivity index is 1.16. The molecule has 2 amide bonds. The highest BCUT2D eigenvalue weighted by Crippen LogP contribution is 2.60. The third kappa shape index (κ3) is 3.23. The summed E-state index contributed by atoms with van der Waals surface area (Å²) >= 11 is 0. The highest BCUT2D eigenvalue weighted by Gasteiger charge is 2.56. The van der Waals surface area contributed by atoms with Crippen LogP contribution in [-0.4, -0.2) is 49.5 Å². The molecular weight excluding hydrogens is 392 g/mol. The molecule has 8 heteroatoms. The molecule has 2 aromatic rings. The van der Waals surface area contributed by atoms with Crippen molar-refractivity contribution in [1.29, 1.82) is 0 Å². The lowest BCUT2D eigenvalue weighted by molar-refractivity contribution is -0.160. The third-order valence-corrected chi connectivity index (χ3v) is 8.06. The lowest BCUT2D eigenvalue weighted by atomic mass is 9.49. The van der Waals surface area contributed by atoms with E-state index in [0.29, 0.717) is 6.54 Å². The molecule has 0 radical (unpaired) electrons. The van der Waals surface area contributed by atoms with Gasteiger partial charge in [-0.25, -0.2) is 4.68 Å². The molecule has 4 aliphatic carbocycles. The quantitative estimate of drug-likeness (QED) is 0.821. The van der Waals surface area contributed by atoms with Crippen molar-refractivity contribution in [3.63, 3.8) is 0 Å². The molecule has 4 saturated carbocycles. The van der Waals surface area contributed by atoms with E-state index in [1.165, 1.54) is 25.6 Å². The van der Waals surface area contributed by atoms with E-state index in [2.05, 4.69) is 20.8 Å². The number of anilines is 1. The van der Waals surface area contributed by atoms with Crippen molar-refractivity contribution in [3.8, 4) is 5.69 Å². The predicted octanol–water partition coefficient (Wildman–Crippen LogP) is 2.81. The van der Waals surface area contributed by atoms with Gasteiger partial charge in [-0.15, -0.1) is 5.10 Å². The van der Waals surface area contributed by atoms with E-state index in [1.54, 1.807) is 4.68 Å². The summed E-state index contributed by atoms with van der Waals surface area (Å²) < 4.78 is 1.56. The molecule has 4 bridgehead atoms. The summed E-state index contributed by atoms with van der Waals surface area (Å²) in [7, 11) is 0. The summed E-state index contributed by atoms with van der Waals surface area (Å²) in [5.41, 5.74) is 1.35. The van der Waals surface area contributed by atoms with Gasteiger partial charge in [0.15, 0.2) is 0 Å². The SMILES string of the molecule is O=C(Nc1ccc(-n2cnnn2)cc1)C1CCCN1C(=O)C12CC3CC(CC(C3)C1)C2. The molecule has 1 unspecified atom stereocenters. The van der Waals surface area contributed by atoms with Gasteiger partial charge in [-0.1, -0.05) is 0 Å². The summed E-state index contributed by atoms with van der Waals surface area (Å²) in [6.45, 7) is 0.705. The molecule has 7 rings (SSSR count). The molecule has 1 aromatic heterocycles. The van der Waals surface area contributed by atoms with Gasteiger partial charge in [0.05, 0.1) is 11.1 Å². The van der Waals surface area contributed by atoms with Crippen LogP contribution in [0.3, 0.4) is 0 Å². The van der Waals surface area contributed by atoms with Crippen LogP contribution in [0, 0.1) is 23.2 Å². The van der Waals surface area contributed by atoms with Crippen LogP contribution in [0.15, 0.2) is 30.6 Å². The van der Waals surface area contributed by atoms with Crippen LogP contribution < -0.4 is 5.32 Å². The minimum absolute atomic E-state index is 0.0780. The minimum Gasteiger partial charge on any atom is -0.330 e. The number of aromatic nitrogens is 4. The molecule has 5 aliphatic rings. The van der Waals surface area contributed by atoms with Gasteiger partial charge in [-0.2, -0.15) is 0 Å². The van der Waals surface area contributed by atoms with Crippen LogP contribution >= 0.6 is 0 Å². The molecule has 2 heterocycles. The predicted molar refractivity (Wildman–Crippen MR) is 113 cm³/mol. The standard InChI is InChI=1S/C23H28N6O2/c30-21(25-18-3-5-19(6-4-18)29-14-24-26-27-29)20-2-1-7-28(20)22(31)23-11-15-8-16(12-23)10-17(9-15)13-23/h3-6,14-17,20H,1-2,7-13H2,(H,25,30). The smallest absolute Gasteiger partial charge is 0.247 e. The molecule has 8 nitrogen and oxygen atoms in total. The maximum absolute atomic E-state index is 13.8. The average Bonchev–Trinajstić information content (AvgIpc) is 3.45. The number of tetrazole rings is 1. The zero-order valence-electron chi connectivity index (χ0n) is 17.6. The normalized spacial score (nSPS) is 33.6. The van der Waals surface area contributed by atoms with Crippen LogP contribution in [0.2, 0.25) is 0 Å². The van der Waals surface area contributed by atoms with Gasteiger partial charge in [0, 0.05) is 12.2 Å². The van der Waals surface area contributed by atoms with Gasteiger partial charge < -0.3 is 10.2 Å². The maximum atomic E-state index is 13.8. The molecule has 5 fully saturated rings. The number of nitrogens with zero attached hydrogens (tertiary/aromatic N) is 5. The summed E-state index contributed by atoms with van der Waals surface area (Å²) in [5, 5.41) is 14.2. The highest BCUT2D eigenvalue weighted by molar-refractivity contribution is 5.98. The molecule has 31 heavy (non-hydrogen) atoms. The van der Waals surface area contributed by atoms with Crippen molar-refractivity contribution in [2.45, 2.75) is 57.4 Å². The fourth-order valence-corrected chi connectivity index (χ4v) is 7.16. The lowest BCUT2D eigenvalue weighted by Crippen LogP contribution is -2.56. The number of hydrogen-bond acceptors (Lipinski definition) is 5. The Kier molecular flexibility index (Phi) is 4.36. The second kappa shape index (κ2) is 7.14. The first-order chi connectivity index (χ1) is 15.1. The van der Waals surface area contributed by atoms with Crippen LogP contribution in [0.25, 0.3) is 5.69 Å². The summed E-state index contributed by atoms with van der Waals surface area (Å²) in [6, 6.07) is 7.04. The van der Waals surface area contributed by atoms with E-state index in [4.69, 9.17) is 0 Å². The van der Waals surface area contributed by atoms with Crippen molar-refractivity contribution < 1.29 is 9.59 Å². The van der Waals surface area contributed by atoms with E-state index in [0.717, 1.165) is 61.2 Å². The molecule has 1 aliphatic heterocycles. The second-order valence-corrected chi connectivity index (χ2v) is 10.1. The molecule has 1 saturated heterocycles. The van der Waals surface area contributed by atoms with Gasteiger partial charge in [0.25, 0.3) is 0 Å². The molecular formula is C23H28N6O2. The van der Waals surface area contributed by atoms with Crippen molar-refractivity contribution in [3.05, 3.63) is 30.6 Å². The summed E-state index contributed by atoms with van der Waals surface area (Å²) in [5.74, 6) is 2.36. The first-order valence-corrected chi connectivity index (χ1v) is 11.5. The van der Waals surface area contributed by atoms with Crippen molar-refractivity contribution in [1.82, 2.24) is 25.1 Å². The van der Waals surface area contributed by atoms with Crippen LogP contribution in [0.4, 0.5) is 5.69 Å². The Bertz CT molecular complexity index is 951. The third-order valence-electron chi connectivity index (χ3n) is 8.06. The summed E-state index contributed by atoms with van der Waals surface area (Å²) in [6.07, 6.45) is 10.2. The Morgan fingerprint density at radius 3 is 2.29 bits per heavy atom. The number of hydrogen-bond donors (Lipinski definition) is 1. The average molecular weight is 421 g/mol. The molecule has 1 N–H and O–H groups in total. The van der Waals surface area contributed by atoms with E-state index < -0.39 is 0 Å². The Morgan fingerprint density at radius 2 is 1.68 bits per heavy atom. The van der Waals surface area contributed by atoms with Crippen molar-refractivity contribution in [2.24, 2.45) is 23.2 Å². The molecule has 0 spiro atoms. The topological polar surface area (TPSA) is 93.0 Å². The van der Waals surface area contributed by atoms with E-state index in [9.17, 15) is 9.59 Å². The van der Waals surface area contributed by atoms with Crippen LogP contribution in [-0.2, 0) is 9.59 Å². The van der Waals surface area contributed by atoms with E-state index >= 15 is 0 Å². The van der Waals surface area contributed by atoms with Crippen LogP contribution in [0.5, 0.6) is 0 Å². The first kappa shape index (κ1) is 19.0. The van der Waals surface area contributed by atoms with E-state index in [1.807, 2.05) is 29.2 Å². The second-order valence-electron chi connectivity index (χ2n) is 10.1.